The van der Waals surface area contributed by atoms with Crippen molar-refractivity contribution >= 4 is 34.4 Å². The van der Waals surface area contributed by atoms with Gasteiger partial charge in [0.2, 0.25) is 5.88 Å². The monoisotopic (exact) mass is 536 g/mol. The third kappa shape index (κ3) is 7.18. The molecule has 37 heavy (non-hydrogen) atoms. The van der Waals surface area contributed by atoms with E-state index in [0.717, 1.165) is 22.0 Å². The number of alkyl halides is 3. The van der Waals surface area contributed by atoms with Crippen LogP contribution in [-0.2, 0) is 4.79 Å². The number of aliphatic hydroxyl groups is 1. The highest BCUT2D eigenvalue weighted by Gasteiger charge is 2.38. The lowest BCUT2D eigenvalue weighted by molar-refractivity contribution is -0.192. The number of carbonyl (C=O) groups excluding carboxylic acids is 1. The van der Waals surface area contributed by atoms with E-state index >= 15 is 0 Å². The maximum absolute atomic E-state index is 12.8. The molecule has 4 rings (SSSR count). The first-order chi connectivity index (χ1) is 17.5. The minimum absolute atomic E-state index is 0.0365. The fraction of sp³-hybridized carbons (Fsp3) is 0.167. The fourth-order valence-corrected chi connectivity index (χ4v) is 3.27. The minimum Gasteiger partial charge on any atom is -0.480 e. The molecule has 194 valence electrons. The summed E-state index contributed by atoms with van der Waals surface area (Å²) in [5.74, 6) is -2.94. The maximum Gasteiger partial charge on any atom is 0.490 e. The molecule has 4 aromatic rings. The van der Waals surface area contributed by atoms with Gasteiger partial charge in [0, 0.05) is 28.7 Å². The van der Waals surface area contributed by atoms with Crippen molar-refractivity contribution < 1.29 is 37.7 Å². The van der Waals surface area contributed by atoms with Crippen LogP contribution in [0.25, 0.3) is 22.0 Å². The normalized spacial score (nSPS) is 11.8. The largest absolute Gasteiger partial charge is 0.490 e. The number of nitrogens with zero attached hydrogens (tertiary/aromatic N) is 2. The number of benzene rings is 2. The molecular formula is C24H20ClF3N4O5. The lowest BCUT2D eigenvalue weighted by Crippen LogP contribution is -2.29. The first-order valence-electron chi connectivity index (χ1n) is 10.5. The number of aliphatic hydroxyl groups excluding tert-OH is 1. The molecule has 13 heteroatoms. The topological polar surface area (TPSA) is 137 Å². The second-order valence-corrected chi connectivity index (χ2v) is 7.97. The second kappa shape index (κ2) is 11.7. The van der Waals surface area contributed by atoms with Gasteiger partial charge < -0.3 is 20.3 Å². The van der Waals surface area contributed by atoms with E-state index in [1.165, 1.54) is 7.11 Å². The summed E-state index contributed by atoms with van der Waals surface area (Å²) in [6.07, 6.45) is -2.56. The molecule has 0 aliphatic carbocycles. The fourth-order valence-electron chi connectivity index (χ4n) is 3.15. The zero-order chi connectivity index (χ0) is 27.2. The summed E-state index contributed by atoms with van der Waals surface area (Å²) < 4.78 is 37.0. The van der Waals surface area contributed by atoms with Gasteiger partial charge in [-0.15, -0.1) is 0 Å². The van der Waals surface area contributed by atoms with E-state index < -0.39 is 24.2 Å². The van der Waals surface area contributed by atoms with E-state index in [4.69, 9.17) is 26.2 Å². The predicted molar refractivity (Wildman–Crippen MR) is 128 cm³/mol. The molecule has 4 N–H and O–H groups in total. The molecule has 0 saturated carbocycles. The summed E-state index contributed by atoms with van der Waals surface area (Å²) >= 11 is 5.87. The number of carboxylic acids is 1. The van der Waals surface area contributed by atoms with E-state index in [9.17, 15) is 23.1 Å². The van der Waals surface area contributed by atoms with Crippen molar-refractivity contribution in [1.29, 1.82) is 0 Å². The predicted octanol–water partition coefficient (Wildman–Crippen LogP) is 4.38. The molecule has 1 unspecified atom stereocenters. The molecule has 2 aromatic heterocycles. The van der Waals surface area contributed by atoms with Crippen LogP contribution in [0.3, 0.4) is 0 Å². The first-order valence-corrected chi connectivity index (χ1v) is 10.9. The average Bonchev–Trinajstić information content (AvgIpc) is 3.35. The molecule has 2 heterocycles. The van der Waals surface area contributed by atoms with Gasteiger partial charge in [0.1, 0.15) is 5.56 Å². The van der Waals surface area contributed by atoms with Crippen LogP contribution in [0.15, 0.2) is 60.9 Å². The van der Waals surface area contributed by atoms with Crippen molar-refractivity contribution in [3.05, 3.63) is 77.1 Å². The van der Waals surface area contributed by atoms with Gasteiger partial charge in [-0.25, -0.2) is 9.78 Å². The summed E-state index contributed by atoms with van der Waals surface area (Å²) in [4.78, 5) is 26.0. The number of methoxy groups -OCH3 is 1. The van der Waals surface area contributed by atoms with Gasteiger partial charge in [-0.3, -0.25) is 9.89 Å². The van der Waals surface area contributed by atoms with Gasteiger partial charge in [-0.05, 0) is 41.5 Å². The molecule has 0 aliphatic heterocycles. The summed E-state index contributed by atoms with van der Waals surface area (Å²) in [6, 6.07) is 14.3. The Morgan fingerprint density at radius 3 is 2.41 bits per heavy atom. The minimum atomic E-state index is -5.08. The van der Waals surface area contributed by atoms with Gasteiger partial charge in [-0.2, -0.15) is 18.3 Å². The molecule has 0 radical (unpaired) electrons. The lowest BCUT2D eigenvalue weighted by Gasteiger charge is -2.14. The highest BCUT2D eigenvalue weighted by molar-refractivity contribution is 6.30. The van der Waals surface area contributed by atoms with Crippen molar-refractivity contribution in [2.24, 2.45) is 0 Å². The van der Waals surface area contributed by atoms with E-state index in [0.29, 0.717) is 10.6 Å². The number of pyridine rings is 1. The van der Waals surface area contributed by atoms with Crippen LogP contribution >= 0.6 is 11.6 Å². The number of H-pyrrole nitrogens is 1. The highest BCUT2D eigenvalue weighted by atomic mass is 35.5. The van der Waals surface area contributed by atoms with Crippen LogP contribution in [0.2, 0.25) is 5.02 Å². The van der Waals surface area contributed by atoms with Crippen LogP contribution in [0.4, 0.5) is 13.2 Å². The zero-order valence-electron chi connectivity index (χ0n) is 19.1. The van der Waals surface area contributed by atoms with Crippen LogP contribution in [0, 0.1) is 0 Å². The first kappa shape index (κ1) is 27.4. The Morgan fingerprint density at radius 2 is 1.78 bits per heavy atom. The van der Waals surface area contributed by atoms with Crippen molar-refractivity contribution in [3.8, 4) is 17.0 Å². The SMILES string of the molecule is COc1ncc(-c2ccc3[nH]ncc3c2)cc1C(=O)NCC(O)c1ccc(Cl)cc1.O=C(O)C(F)(F)F. The maximum atomic E-state index is 12.8. The summed E-state index contributed by atoms with van der Waals surface area (Å²) in [5, 5.41) is 28.7. The van der Waals surface area contributed by atoms with Crippen molar-refractivity contribution in [2.75, 3.05) is 13.7 Å². The van der Waals surface area contributed by atoms with E-state index in [1.54, 1.807) is 42.7 Å². The van der Waals surface area contributed by atoms with Crippen LogP contribution < -0.4 is 10.1 Å². The number of aliphatic carboxylic acids is 1. The number of carbonyl (C=O) groups is 2. The number of rotatable bonds is 6. The number of ether oxygens (including phenoxy) is 1. The van der Waals surface area contributed by atoms with Gasteiger partial charge in [0.15, 0.2) is 0 Å². The Balaban J connectivity index is 0.000000479. The highest BCUT2D eigenvalue weighted by Crippen LogP contribution is 2.27. The number of hydrogen-bond acceptors (Lipinski definition) is 6. The van der Waals surface area contributed by atoms with E-state index in [2.05, 4.69) is 20.5 Å². The smallest absolute Gasteiger partial charge is 0.480 e. The number of hydrogen-bond donors (Lipinski definition) is 4. The Bertz CT molecular complexity index is 1390. The third-order valence-corrected chi connectivity index (χ3v) is 5.27. The van der Waals surface area contributed by atoms with Gasteiger partial charge >= 0.3 is 12.1 Å². The molecule has 1 atom stereocenters. The molecular weight excluding hydrogens is 517 g/mol. The third-order valence-electron chi connectivity index (χ3n) is 5.02. The quantitative estimate of drug-likeness (QED) is 0.287. The lowest BCUT2D eigenvalue weighted by atomic mass is 10.0. The molecule has 0 bridgehead atoms. The number of nitrogens with one attached hydrogen (secondary N) is 2. The summed E-state index contributed by atoms with van der Waals surface area (Å²) in [5.41, 5.74) is 3.53. The molecule has 0 saturated heterocycles. The van der Waals surface area contributed by atoms with E-state index in [-0.39, 0.29) is 18.0 Å². The van der Waals surface area contributed by atoms with E-state index in [1.807, 2.05) is 18.2 Å². The van der Waals surface area contributed by atoms with Gasteiger partial charge in [-0.1, -0.05) is 29.8 Å². The molecule has 0 aliphatic rings. The van der Waals surface area contributed by atoms with Crippen molar-refractivity contribution in [2.45, 2.75) is 12.3 Å². The molecule has 0 fully saturated rings. The zero-order valence-corrected chi connectivity index (χ0v) is 19.8. The summed E-state index contributed by atoms with van der Waals surface area (Å²) in [7, 11) is 1.46. The number of amides is 1. The van der Waals surface area contributed by atoms with Crippen LogP contribution in [0.5, 0.6) is 5.88 Å². The number of halogens is 4. The Kier molecular flexibility index (Phi) is 8.69. The molecule has 0 spiro atoms. The number of aromatic nitrogens is 3. The Labute approximate surface area is 212 Å². The average molecular weight is 537 g/mol. The van der Waals surface area contributed by atoms with Crippen LogP contribution in [-0.4, -0.2) is 57.1 Å². The second-order valence-electron chi connectivity index (χ2n) is 7.53. The molecule has 9 nitrogen and oxygen atoms in total. The number of aromatic amines is 1. The Hall–Kier alpha value is -4.16. The van der Waals surface area contributed by atoms with Crippen molar-refractivity contribution in [1.82, 2.24) is 20.5 Å². The number of carboxylic acid groups (broad SMARTS) is 1. The van der Waals surface area contributed by atoms with Crippen molar-refractivity contribution in [3.63, 3.8) is 0 Å². The Morgan fingerprint density at radius 1 is 1.11 bits per heavy atom. The standard InChI is InChI=1S/C22H19ClN4O3.C2HF3O2/c1-30-22-18(21(29)24-12-20(28)13-2-5-17(23)6-3-13)9-15(10-25-22)14-4-7-19-16(8-14)11-26-27-19;3-2(4,5)1(6)7/h2-11,20,28H,12H2,1H3,(H,24,29)(H,26,27);(H,6,7). The number of fused-ring (bicyclic) bond motifs is 1. The molecule has 2 aromatic carbocycles. The van der Waals surface area contributed by atoms with Gasteiger partial charge in [0.25, 0.3) is 5.91 Å². The molecule has 1 amide bonds. The van der Waals surface area contributed by atoms with Gasteiger partial charge in [0.05, 0.1) is 24.9 Å². The summed E-state index contributed by atoms with van der Waals surface area (Å²) in [6.45, 7) is 0.0365. The van der Waals surface area contributed by atoms with Crippen LogP contribution in [0.1, 0.15) is 22.0 Å².